The molecule has 1 rings (SSSR count). The Morgan fingerprint density at radius 2 is 1.81 bits per heavy atom. The van der Waals surface area contributed by atoms with E-state index in [1.165, 1.54) is 0 Å². The molecule has 1 unspecified atom stereocenters. The van der Waals surface area contributed by atoms with Crippen LogP contribution in [0.15, 0.2) is 24.3 Å². The molecule has 0 fully saturated rings. The number of benzene rings is 1. The van der Waals surface area contributed by atoms with Crippen LogP contribution in [0.25, 0.3) is 0 Å². The van der Waals surface area contributed by atoms with E-state index < -0.39 is 0 Å². The summed E-state index contributed by atoms with van der Waals surface area (Å²) < 4.78 is 5.43. The highest BCUT2D eigenvalue weighted by Crippen LogP contribution is 2.10. The van der Waals surface area contributed by atoms with Gasteiger partial charge in [-0.1, -0.05) is 13.8 Å². The molecule has 4 nitrogen and oxygen atoms in total. The van der Waals surface area contributed by atoms with E-state index >= 15 is 0 Å². The first-order valence-corrected chi connectivity index (χ1v) is 7.35. The van der Waals surface area contributed by atoms with Crippen LogP contribution in [0.4, 0.5) is 5.69 Å². The summed E-state index contributed by atoms with van der Waals surface area (Å²) in [4.78, 5) is 14.3. The minimum atomic E-state index is -0.277. The highest BCUT2D eigenvalue weighted by Gasteiger charge is 2.12. The van der Waals surface area contributed by atoms with Crippen molar-refractivity contribution in [2.24, 2.45) is 0 Å². The predicted molar refractivity (Wildman–Crippen MR) is 90.0 cm³/mol. The molecular weight excluding hydrogens is 288 g/mol. The molecule has 5 heteroatoms. The van der Waals surface area contributed by atoms with Gasteiger partial charge in [0.05, 0.1) is 11.7 Å². The molecular formula is C16H27ClN2O2. The standard InChI is InChI=1S/C16H26N2O2.ClH/c1-4-18(5-2)12-6-7-13(3)20-16(19)14-8-10-15(17)11-9-14;/h8-11,13H,4-7,12,17H2,1-3H3;1H. The van der Waals surface area contributed by atoms with Gasteiger partial charge in [0.1, 0.15) is 0 Å². The number of esters is 1. The Hall–Kier alpha value is -1.26. The average molecular weight is 315 g/mol. The first kappa shape index (κ1) is 19.7. The number of nitrogens with two attached hydrogens (primary N) is 1. The minimum absolute atomic E-state index is 0. The van der Waals surface area contributed by atoms with E-state index in [1.807, 2.05) is 6.92 Å². The normalized spacial score (nSPS) is 11.8. The molecule has 0 aliphatic heterocycles. The summed E-state index contributed by atoms with van der Waals surface area (Å²) in [6.07, 6.45) is 1.87. The molecule has 2 N–H and O–H groups in total. The number of anilines is 1. The van der Waals surface area contributed by atoms with Crippen molar-refractivity contribution in [3.8, 4) is 0 Å². The summed E-state index contributed by atoms with van der Waals surface area (Å²) in [7, 11) is 0. The largest absolute Gasteiger partial charge is 0.459 e. The maximum absolute atomic E-state index is 11.9. The second-order valence-corrected chi connectivity index (χ2v) is 5.01. The zero-order valence-corrected chi connectivity index (χ0v) is 14.0. The highest BCUT2D eigenvalue weighted by atomic mass is 35.5. The summed E-state index contributed by atoms with van der Waals surface area (Å²) in [6, 6.07) is 6.81. The van der Waals surface area contributed by atoms with Crippen molar-refractivity contribution in [1.29, 1.82) is 0 Å². The Balaban J connectivity index is 0.00000400. The molecule has 1 atom stereocenters. The van der Waals surface area contributed by atoms with Gasteiger partial charge in [-0.3, -0.25) is 0 Å². The lowest BCUT2D eigenvalue weighted by molar-refractivity contribution is 0.0315. The fourth-order valence-electron chi connectivity index (χ4n) is 2.07. The molecule has 0 amide bonds. The second-order valence-electron chi connectivity index (χ2n) is 5.01. The predicted octanol–water partition coefficient (Wildman–Crippen LogP) is 3.36. The summed E-state index contributed by atoms with van der Waals surface area (Å²) in [5.41, 5.74) is 6.79. The van der Waals surface area contributed by atoms with Gasteiger partial charge in [0.15, 0.2) is 0 Å². The molecule has 0 aromatic heterocycles. The van der Waals surface area contributed by atoms with E-state index in [0.29, 0.717) is 11.3 Å². The van der Waals surface area contributed by atoms with Crippen LogP contribution < -0.4 is 5.73 Å². The molecule has 1 aromatic rings. The van der Waals surface area contributed by atoms with Crippen LogP contribution in [0.1, 0.15) is 44.0 Å². The number of halogens is 1. The number of hydrogen-bond donors (Lipinski definition) is 1. The zero-order valence-electron chi connectivity index (χ0n) is 13.2. The van der Waals surface area contributed by atoms with E-state index in [9.17, 15) is 4.79 Å². The van der Waals surface area contributed by atoms with Crippen LogP contribution in [-0.4, -0.2) is 36.6 Å². The van der Waals surface area contributed by atoms with Gasteiger partial charge in [-0.05, 0) is 63.7 Å². The lowest BCUT2D eigenvalue weighted by Gasteiger charge is -2.19. The first-order chi connectivity index (χ1) is 9.56. The van der Waals surface area contributed by atoms with Crippen molar-refractivity contribution < 1.29 is 9.53 Å². The van der Waals surface area contributed by atoms with E-state index in [0.717, 1.165) is 32.5 Å². The van der Waals surface area contributed by atoms with E-state index in [2.05, 4.69) is 18.7 Å². The van der Waals surface area contributed by atoms with Gasteiger partial charge >= 0.3 is 5.97 Å². The molecule has 0 heterocycles. The SMILES string of the molecule is CCN(CC)CCCC(C)OC(=O)c1ccc(N)cc1.Cl. The van der Waals surface area contributed by atoms with Gasteiger partial charge in [0, 0.05) is 5.69 Å². The third-order valence-corrected chi connectivity index (χ3v) is 3.43. The number of nitrogens with zero attached hydrogens (tertiary/aromatic N) is 1. The molecule has 0 saturated heterocycles. The number of carbonyl (C=O) groups excluding carboxylic acids is 1. The Morgan fingerprint density at radius 1 is 1.24 bits per heavy atom. The average Bonchev–Trinajstić information content (AvgIpc) is 2.44. The molecule has 0 spiro atoms. The quantitative estimate of drug-likeness (QED) is 0.590. The van der Waals surface area contributed by atoms with Crippen LogP contribution in [-0.2, 0) is 4.74 Å². The van der Waals surface area contributed by atoms with Crippen LogP contribution >= 0.6 is 12.4 Å². The Kier molecular flexibility index (Phi) is 9.84. The van der Waals surface area contributed by atoms with Gasteiger partial charge in [-0.25, -0.2) is 4.79 Å². The minimum Gasteiger partial charge on any atom is -0.459 e. The fourth-order valence-corrected chi connectivity index (χ4v) is 2.07. The number of nitrogen functional groups attached to an aromatic ring is 1. The first-order valence-electron chi connectivity index (χ1n) is 7.35. The molecule has 120 valence electrons. The Labute approximate surface area is 134 Å². The van der Waals surface area contributed by atoms with Crippen molar-refractivity contribution in [3.05, 3.63) is 29.8 Å². The molecule has 0 bridgehead atoms. The maximum Gasteiger partial charge on any atom is 0.338 e. The molecule has 0 aliphatic rings. The number of ether oxygens (including phenoxy) is 1. The van der Waals surface area contributed by atoms with Crippen molar-refractivity contribution in [2.75, 3.05) is 25.4 Å². The van der Waals surface area contributed by atoms with Crippen molar-refractivity contribution >= 4 is 24.1 Å². The fraction of sp³-hybridized carbons (Fsp3) is 0.562. The number of hydrogen-bond acceptors (Lipinski definition) is 4. The monoisotopic (exact) mass is 314 g/mol. The van der Waals surface area contributed by atoms with Crippen LogP contribution in [0, 0.1) is 0 Å². The highest BCUT2D eigenvalue weighted by molar-refractivity contribution is 5.89. The summed E-state index contributed by atoms with van der Waals surface area (Å²) in [6.45, 7) is 9.45. The van der Waals surface area contributed by atoms with E-state index in [1.54, 1.807) is 24.3 Å². The smallest absolute Gasteiger partial charge is 0.338 e. The van der Waals surface area contributed by atoms with E-state index in [4.69, 9.17) is 10.5 Å². The van der Waals surface area contributed by atoms with Crippen LogP contribution in [0.5, 0.6) is 0 Å². The molecule has 0 radical (unpaired) electrons. The number of rotatable bonds is 8. The third-order valence-electron chi connectivity index (χ3n) is 3.43. The van der Waals surface area contributed by atoms with Crippen molar-refractivity contribution in [1.82, 2.24) is 4.90 Å². The van der Waals surface area contributed by atoms with E-state index in [-0.39, 0.29) is 24.5 Å². The van der Waals surface area contributed by atoms with Gasteiger partial charge in [-0.2, -0.15) is 0 Å². The van der Waals surface area contributed by atoms with Crippen LogP contribution in [0.2, 0.25) is 0 Å². The zero-order chi connectivity index (χ0) is 15.0. The van der Waals surface area contributed by atoms with Crippen LogP contribution in [0.3, 0.4) is 0 Å². The van der Waals surface area contributed by atoms with Gasteiger partial charge in [0.25, 0.3) is 0 Å². The lowest BCUT2D eigenvalue weighted by atomic mass is 10.2. The van der Waals surface area contributed by atoms with Gasteiger partial charge in [-0.15, -0.1) is 12.4 Å². The van der Waals surface area contributed by atoms with Gasteiger partial charge in [0.2, 0.25) is 0 Å². The summed E-state index contributed by atoms with van der Waals surface area (Å²) in [5, 5.41) is 0. The molecule has 1 aromatic carbocycles. The van der Waals surface area contributed by atoms with Crippen molar-refractivity contribution in [3.63, 3.8) is 0 Å². The Morgan fingerprint density at radius 3 is 2.33 bits per heavy atom. The topological polar surface area (TPSA) is 55.6 Å². The van der Waals surface area contributed by atoms with Gasteiger partial charge < -0.3 is 15.4 Å². The Bertz CT molecular complexity index is 405. The summed E-state index contributed by atoms with van der Waals surface area (Å²) >= 11 is 0. The lowest BCUT2D eigenvalue weighted by Crippen LogP contribution is -2.25. The number of carbonyl (C=O) groups is 1. The maximum atomic E-state index is 11.9. The molecule has 0 aliphatic carbocycles. The summed E-state index contributed by atoms with van der Waals surface area (Å²) in [5.74, 6) is -0.277. The molecule has 0 saturated carbocycles. The third kappa shape index (κ3) is 7.34. The van der Waals surface area contributed by atoms with Crippen molar-refractivity contribution in [2.45, 2.75) is 39.7 Å². The molecule has 21 heavy (non-hydrogen) atoms. The second kappa shape index (κ2) is 10.5.